The van der Waals surface area contributed by atoms with Crippen molar-refractivity contribution in [3.8, 4) is 0 Å². The van der Waals surface area contributed by atoms with Gasteiger partial charge in [0.25, 0.3) is 0 Å². The second kappa shape index (κ2) is 5.49. The number of nitrogens with zero attached hydrogens (tertiary/aromatic N) is 2. The van der Waals surface area contributed by atoms with Crippen LogP contribution in [0, 0.1) is 0 Å². The lowest BCUT2D eigenvalue weighted by molar-refractivity contribution is -0.125. The zero-order chi connectivity index (χ0) is 14.9. The third-order valence-electron chi connectivity index (χ3n) is 3.12. The van der Waals surface area contributed by atoms with Crippen LogP contribution in [0.25, 0.3) is 0 Å². The molecule has 1 aliphatic rings. The first-order chi connectivity index (χ1) is 9.32. The van der Waals surface area contributed by atoms with Crippen LogP contribution >= 0.6 is 15.9 Å². The zero-order valence-electron chi connectivity index (χ0n) is 11.6. The summed E-state index contributed by atoms with van der Waals surface area (Å²) in [4.78, 5) is 29.6. The van der Waals surface area contributed by atoms with Crippen LogP contribution in [-0.2, 0) is 14.3 Å². The van der Waals surface area contributed by atoms with Crippen molar-refractivity contribution in [2.45, 2.75) is 25.9 Å². The summed E-state index contributed by atoms with van der Waals surface area (Å²) in [6.07, 6.45) is 1.76. The summed E-state index contributed by atoms with van der Waals surface area (Å²) in [7, 11) is 1.56. The minimum Gasteiger partial charge on any atom is -0.378 e. The monoisotopic (exact) mass is 341 g/mol. The summed E-state index contributed by atoms with van der Waals surface area (Å²) in [5.74, 6) is -0.0308. The van der Waals surface area contributed by atoms with Crippen molar-refractivity contribution in [2.24, 2.45) is 0 Å². The van der Waals surface area contributed by atoms with Gasteiger partial charge in [-0.1, -0.05) is 0 Å². The van der Waals surface area contributed by atoms with E-state index in [-0.39, 0.29) is 24.8 Å². The van der Waals surface area contributed by atoms with Gasteiger partial charge in [-0.15, -0.1) is 0 Å². The van der Waals surface area contributed by atoms with Gasteiger partial charge in [-0.3, -0.25) is 14.5 Å². The highest BCUT2D eigenvalue weighted by Crippen LogP contribution is 2.31. The topological polar surface area (TPSA) is 71.5 Å². The van der Waals surface area contributed by atoms with Crippen LogP contribution in [0.15, 0.2) is 16.7 Å². The number of methoxy groups -OCH3 is 1. The first-order valence-electron chi connectivity index (χ1n) is 6.13. The Morgan fingerprint density at radius 1 is 1.60 bits per heavy atom. The Kier molecular flexibility index (Phi) is 4.10. The van der Waals surface area contributed by atoms with Gasteiger partial charge >= 0.3 is 0 Å². The molecular formula is C13H16BrN3O3. The molecule has 6 nitrogen and oxygen atoms in total. The minimum absolute atomic E-state index is 0.0102. The van der Waals surface area contributed by atoms with Gasteiger partial charge in [0.2, 0.25) is 11.8 Å². The molecule has 0 bridgehead atoms. The molecule has 0 radical (unpaired) electrons. The van der Waals surface area contributed by atoms with Crippen LogP contribution in [0.5, 0.6) is 0 Å². The number of amides is 2. The summed E-state index contributed by atoms with van der Waals surface area (Å²) in [5.41, 5.74) is 0.0146. The van der Waals surface area contributed by atoms with Gasteiger partial charge in [-0.05, 0) is 35.8 Å². The fraction of sp³-hybridized carbons (Fsp3) is 0.462. The Bertz CT molecular complexity index is 560. The quantitative estimate of drug-likeness (QED) is 0.911. The number of fused-ring (bicyclic) bond motifs is 1. The standard InChI is InChI=1S/C13H16BrN3O3/c1-13(2,20-3)5-11(19)17-7-10(18)16-12-9(17)4-8(14)6-15-12/h4,6H,5,7H2,1-3H3,(H,15,16,18). The predicted octanol–water partition coefficient (Wildman–Crippen LogP) is 1.94. The summed E-state index contributed by atoms with van der Waals surface area (Å²) in [5, 5.41) is 2.65. The van der Waals surface area contributed by atoms with Crippen LogP contribution in [0.4, 0.5) is 11.5 Å². The number of carbonyl (C=O) groups is 2. The molecule has 0 atom stereocenters. The number of carbonyl (C=O) groups excluding carboxylic acids is 2. The number of hydrogen-bond donors (Lipinski definition) is 1. The molecule has 0 saturated heterocycles. The number of ether oxygens (including phenoxy) is 1. The molecule has 2 rings (SSSR count). The maximum Gasteiger partial charge on any atom is 0.245 e. The SMILES string of the molecule is COC(C)(C)CC(=O)N1CC(=O)Nc2ncc(Br)cc21. The molecule has 0 fully saturated rings. The third-order valence-corrected chi connectivity index (χ3v) is 3.55. The smallest absolute Gasteiger partial charge is 0.245 e. The van der Waals surface area contributed by atoms with Gasteiger partial charge in [0.1, 0.15) is 6.54 Å². The highest BCUT2D eigenvalue weighted by atomic mass is 79.9. The van der Waals surface area contributed by atoms with E-state index >= 15 is 0 Å². The van der Waals surface area contributed by atoms with Gasteiger partial charge in [-0.25, -0.2) is 4.98 Å². The van der Waals surface area contributed by atoms with Crippen molar-refractivity contribution in [2.75, 3.05) is 23.9 Å². The molecule has 2 heterocycles. The van der Waals surface area contributed by atoms with Crippen molar-refractivity contribution in [1.29, 1.82) is 0 Å². The maximum atomic E-state index is 12.4. The Morgan fingerprint density at radius 2 is 2.30 bits per heavy atom. The summed E-state index contributed by atoms with van der Waals surface area (Å²) in [6, 6.07) is 1.76. The van der Waals surface area contributed by atoms with E-state index in [0.717, 1.165) is 4.47 Å². The molecular weight excluding hydrogens is 326 g/mol. The zero-order valence-corrected chi connectivity index (χ0v) is 13.2. The lowest BCUT2D eigenvalue weighted by atomic mass is 10.0. The Labute approximate surface area is 125 Å². The highest BCUT2D eigenvalue weighted by molar-refractivity contribution is 9.10. The van der Waals surface area contributed by atoms with E-state index in [9.17, 15) is 9.59 Å². The number of pyridine rings is 1. The first-order valence-corrected chi connectivity index (χ1v) is 6.92. The molecule has 1 aliphatic heterocycles. The van der Waals surface area contributed by atoms with Crippen molar-refractivity contribution < 1.29 is 14.3 Å². The predicted molar refractivity (Wildman–Crippen MR) is 78.6 cm³/mol. The van der Waals surface area contributed by atoms with Gasteiger partial charge in [0.15, 0.2) is 5.82 Å². The van der Waals surface area contributed by atoms with E-state index < -0.39 is 5.60 Å². The Morgan fingerprint density at radius 3 is 2.95 bits per heavy atom. The van der Waals surface area contributed by atoms with Crippen molar-refractivity contribution in [1.82, 2.24) is 4.98 Å². The van der Waals surface area contributed by atoms with E-state index in [1.54, 1.807) is 19.4 Å². The van der Waals surface area contributed by atoms with Crippen molar-refractivity contribution >= 4 is 39.2 Å². The maximum absolute atomic E-state index is 12.4. The average molecular weight is 342 g/mol. The van der Waals surface area contributed by atoms with Gasteiger partial charge in [0, 0.05) is 17.8 Å². The lowest BCUT2D eigenvalue weighted by Gasteiger charge is -2.31. The van der Waals surface area contributed by atoms with Gasteiger partial charge in [0.05, 0.1) is 17.7 Å². The van der Waals surface area contributed by atoms with E-state index in [4.69, 9.17) is 4.74 Å². The highest BCUT2D eigenvalue weighted by Gasteiger charge is 2.31. The number of anilines is 2. The minimum atomic E-state index is -0.579. The van der Waals surface area contributed by atoms with Crippen LogP contribution in [0.3, 0.4) is 0 Å². The molecule has 1 aromatic rings. The molecule has 0 spiro atoms. The molecule has 20 heavy (non-hydrogen) atoms. The Balaban J connectivity index is 2.31. The van der Waals surface area contributed by atoms with Crippen LogP contribution in [0.1, 0.15) is 20.3 Å². The first kappa shape index (κ1) is 14.9. The molecule has 1 N–H and O–H groups in total. The molecule has 0 aromatic carbocycles. The van der Waals surface area contributed by atoms with E-state index in [0.29, 0.717) is 11.5 Å². The molecule has 7 heteroatoms. The van der Waals surface area contributed by atoms with E-state index in [1.165, 1.54) is 4.90 Å². The van der Waals surface area contributed by atoms with Crippen molar-refractivity contribution in [3.63, 3.8) is 0 Å². The second-order valence-corrected chi connectivity index (χ2v) is 6.11. The fourth-order valence-corrected chi connectivity index (χ4v) is 2.20. The fourth-order valence-electron chi connectivity index (χ4n) is 1.89. The summed E-state index contributed by atoms with van der Waals surface area (Å²) in [6.45, 7) is 3.65. The van der Waals surface area contributed by atoms with Crippen LogP contribution in [0.2, 0.25) is 0 Å². The van der Waals surface area contributed by atoms with E-state index in [2.05, 4.69) is 26.2 Å². The van der Waals surface area contributed by atoms with Gasteiger partial charge < -0.3 is 10.1 Å². The van der Waals surface area contributed by atoms with Crippen LogP contribution in [-0.4, -0.2) is 36.1 Å². The molecule has 0 unspecified atom stereocenters. The van der Waals surface area contributed by atoms with Crippen LogP contribution < -0.4 is 10.2 Å². The average Bonchev–Trinajstić information content (AvgIpc) is 2.38. The second-order valence-electron chi connectivity index (χ2n) is 5.19. The number of rotatable bonds is 3. The number of aromatic nitrogens is 1. The van der Waals surface area contributed by atoms with E-state index in [1.807, 2.05) is 13.8 Å². The molecule has 2 amide bonds. The largest absolute Gasteiger partial charge is 0.378 e. The third kappa shape index (κ3) is 3.16. The molecule has 108 valence electrons. The molecule has 0 aliphatic carbocycles. The number of nitrogens with one attached hydrogen (secondary N) is 1. The molecule has 0 saturated carbocycles. The number of halogens is 1. The summed E-state index contributed by atoms with van der Waals surface area (Å²) >= 11 is 3.32. The lowest BCUT2D eigenvalue weighted by Crippen LogP contribution is -2.45. The number of hydrogen-bond acceptors (Lipinski definition) is 4. The van der Waals surface area contributed by atoms with Crippen molar-refractivity contribution in [3.05, 3.63) is 16.7 Å². The van der Waals surface area contributed by atoms with Gasteiger partial charge in [-0.2, -0.15) is 0 Å². The normalized spacial score (nSPS) is 14.8. The Hall–Kier alpha value is -1.47. The summed E-state index contributed by atoms with van der Waals surface area (Å²) < 4.78 is 6.01. The molecule has 1 aromatic heterocycles.